The number of benzene rings is 1. The van der Waals surface area contributed by atoms with Crippen LogP contribution in [-0.2, 0) is 9.59 Å². The Morgan fingerprint density at radius 3 is 2.53 bits per heavy atom. The zero-order chi connectivity index (χ0) is 14.0. The number of aliphatic hydroxyl groups is 1. The summed E-state index contributed by atoms with van der Waals surface area (Å²) in [5, 5.41) is 19.5. The van der Waals surface area contributed by atoms with Crippen molar-refractivity contribution in [1.82, 2.24) is 0 Å². The van der Waals surface area contributed by atoms with Gasteiger partial charge in [0.05, 0.1) is 7.11 Å². The van der Waals surface area contributed by atoms with Crippen molar-refractivity contribution in [2.24, 2.45) is 0 Å². The van der Waals surface area contributed by atoms with Gasteiger partial charge in [0.1, 0.15) is 11.5 Å². The second-order valence-corrected chi connectivity index (χ2v) is 4.81. The van der Waals surface area contributed by atoms with E-state index >= 15 is 0 Å². The minimum atomic E-state index is -2.01. The molecule has 0 saturated heterocycles. The van der Waals surface area contributed by atoms with Crippen LogP contribution in [0.4, 0.5) is 0 Å². The normalized spacial score (nSPS) is 27.1. The van der Waals surface area contributed by atoms with Crippen molar-refractivity contribution in [1.29, 1.82) is 0 Å². The van der Waals surface area contributed by atoms with Gasteiger partial charge in [0.15, 0.2) is 5.60 Å². The average Bonchev–Trinajstić information content (AvgIpc) is 2.39. The van der Waals surface area contributed by atoms with Gasteiger partial charge in [-0.1, -0.05) is 12.1 Å². The molecule has 1 aliphatic carbocycles. The Kier molecular flexibility index (Phi) is 3.57. The molecular formula is C14H16O5. The van der Waals surface area contributed by atoms with Crippen LogP contribution in [0.5, 0.6) is 5.75 Å². The first kappa shape index (κ1) is 13.5. The van der Waals surface area contributed by atoms with Crippen LogP contribution >= 0.6 is 0 Å². The lowest BCUT2D eigenvalue weighted by Crippen LogP contribution is -2.49. The maximum absolute atomic E-state index is 11.4. The van der Waals surface area contributed by atoms with E-state index in [2.05, 4.69) is 0 Å². The standard InChI is InChI=1S/C14H16O5/c1-19-11-5-2-9(3-6-11)12-7-4-10(15)8-14(12,18)13(16)17/h2-3,5-6,12,18H,4,7-8H2,1H3,(H,16,17)/t12-,14-/m1/s1. The van der Waals surface area contributed by atoms with E-state index in [1.165, 1.54) is 0 Å². The fraction of sp³-hybridized carbons (Fsp3) is 0.429. The Bertz CT molecular complexity index is 493. The van der Waals surface area contributed by atoms with Gasteiger partial charge in [-0.25, -0.2) is 4.79 Å². The maximum Gasteiger partial charge on any atom is 0.336 e. The van der Waals surface area contributed by atoms with E-state index < -0.39 is 17.5 Å². The van der Waals surface area contributed by atoms with Crippen molar-refractivity contribution in [3.8, 4) is 5.75 Å². The first-order valence-corrected chi connectivity index (χ1v) is 6.09. The molecule has 0 aromatic heterocycles. The van der Waals surface area contributed by atoms with E-state index in [4.69, 9.17) is 4.74 Å². The van der Waals surface area contributed by atoms with Crippen molar-refractivity contribution in [2.45, 2.75) is 30.8 Å². The number of carbonyl (C=O) groups is 2. The fourth-order valence-electron chi connectivity index (χ4n) is 2.56. The van der Waals surface area contributed by atoms with Crippen molar-refractivity contribution in [2.75, 3.05) is 7.11 Å². The lowest BCUT2D eigenvalue weighted by atomic mass is 9.71. The number of hydrogen-bond donors (Lipinski definition) is 2. The third-order valence-electron chi connectivity index (χ3n) is 3.64. The van der Waals surface area contributed by atoms with E-state index in [-0.39, 0.29) is 12.2 Å². The highest BCUT2D eigenvalue weighted by Crippen LogP contribution is 2.40. The lowest BCUT2D eigenvalue weighted by molar-refractivity contribution is -0.167. The van der Waals surface area contributed by atoms with Gasteiger partial charge >= 0.3 is 5.97 Å². The second kappa shape index (κ2) is 5.01. The predicted octanol–water partition coefficient (Wildman–Crippen LogP) is 1.35. The molecule has 0 aliphatic heterocycles. The van der Waals surface area contributed by atoms with Crippen molar-refractivity contribution < 1.29 is 24.5 Å². The minimum Gasteiger partial charge on any atom is -0.497 e. The molecule has 1 fully saturated rings. The molecule has 2 N–H and O–H groups in total. The molecule has 0 radical (unpaired) electrons. The topological polar surface area (TPSA) is 83.8 Å². The zero-order valence-corrected chi connectivity index (χ0v) is 10.6. The number of ether oxygens (including phenoxy) is 1. The summed E-state index contributed by atoms with van der Waals surface area (Å²) >= 11 is 0. The van der Waals surface area contributed by atoms with Gasteiger partial charge in [-0.05, 0) is 24.1 Å². The summed E-state index contributed by atoms with van der Waals surface area (Å²) in [5.74, 6) is -1.47. The Hall–Kier alpha value is -1.88. The average molecular weight is 264 g/mol. The van der Waals surface area contributed by atoms with Gasteiger partial charge in [-0.3, -0.25) is 4.79 Å². The van der Waals surface area contributed by atoms with Crippen molar-refractivity contribution in [3.05, 3.63) is 29.8 Å². The van der Waals surface area contributed by atoms with Gasteiger partial charge < -0.3 is 14.9 Å². The Morgan fingerprint density at radius 1 is 1.37 bits per heavy atom. The zero-order valence-electron chi connectivity index (χ0n) is 10.6. The maximum atomic E-state index is 11.4. The van der Waals surface area contributed by atoms with Gasteiger partial charge in [-0.2, -0.15) is 0 Å². The molecule has 5 nitrogen and oxygen atoms in total. The number of hydrogen-bond acceptors (Lipinski definition) is 4. The molecule has 0 bridgehead atoms. The molecule has 1 aromatic rings. The highest BCUT2D eigenvalue weighted by Gasteiger charge is 2.49. The molecule has 5 heteroatoms. The Morgan fingerprint density at radius 2 is 2.00 bits per heavy atom. The number of carboxylic acid groups (broad SMARTS) is 1. The number of ketones is 1. The smallest absolute Gasteiger partial charge is 0.336 e. The molecule has 0 heterocycles. The van der Waals surface area contributed by atoms with Gasteiger partial charge in [0.2, 0.25) is 0 Å². The summed E-state index contributed by atoms with van der Waals surface area (Å²) < 4.78 is 5.04. The molecule has 1 aliphatic rings. The number of rotatable bonds is 3. The second-order valence-electron chi connectivity index (χ2n) is 4.81. The first-order valence-electron chi connectivity index (χ1n) is 6.09. The molecular weight excluding hydrogens is 248 g/mol. The molecule has 19 heavy (non-hydrogen) atoms. The third kappa shape index (κ3) is 2.46. The monoisotopic (exact) mass is 264 g/mol. The number of aliphatic carboxylic acids is 1. The van der Waals surface area contributed by atoms with Crippen LogP contribution < -0.4 is 4.74 Å². The van der Waals surface area contributed by atoms with E-state index in [0.29, 0.717) is 24.2 Å². The van der Waals surface area contributed by atoms with Crippen LogP contribution in [0.1, 0.15) is 30.7 Å². The number of carboxylic acids is 1. The Labute approximate surface area is 110 Å². The van der Waals surface area contributed by atoms with E-state index in [0.717, 1.165) is 0 Å². The largest absolute Gasteiger partial charge is 0.497 e. The van der Waals surface area contributed by atoms with Crippen LogP contribution in [0, 0.1) is 0 Å². The van der Waals surface area contributed by atoms with E-state index in [1.54, 1.807) is 31.4 Å². The van der Waals surface area contributed by atoms with Crippen molar-refractivity contribution >= 4 is 11.8 Å². The molecule has 0 spiro atoms. The summed E-state index contributed by atoms with van der Waals surface area (Å²) in [5.41, 5.74) is -1.30. The fourth-order valence-corrected chi connectivity index (χ4v) is 2.56. The lowest BCUT2D eigenvalue weighted by Gasteiger charge is -2.36. The summed E-state index contributed by atoms with van der Waals surface area (Å²) in [4.78, 5) is 22.7. The Balaban J connectivity index is 2.34. The summed E-state index contributed by atoms with van der Waals surface area (Å²) in [6.45, 7) is 0. The molecule has 2 rings (SSSR count). The predicted molar refractivity (Wildman–Crippen MR) is 67.2 cm³/mol. The van der Waals surface area contributed by atoms with Crippen LogP contribution in [0.3, 0.4) is 0 Å². The summed E-state index contributed by atoms with van der Waals surface area (Å²) in [6.07, 6.45) is 0.305. The van der Waals surface area contributed by atoms with Gasteiger partial charge in [0, 0.05) is 18.8 Å². The minimum absolute atomic E-state index is 0.213. The van der Waals surface area contributed by atoms with Crippen molar-refractivity contribution in [3.63, 3.8) is 0 Å². The highest BCUT2D eigenvalue weighted by molar-refractivity contribution is 5.90. The van der Waals surface area contributed by atoms with Gasteiger partial charge in [-0.15, -0.1) is 0 Å². The summed E-state index contributed by atoms with van der Waals surface area (Å²) in [7, 11) is 1.54. The first-order chi connectivity index (χ1) is 8.97. The number of methoxy groups -OCH3 is 1. The van der Waals surface area contributed by atoms with E-state index in [1.807, 2.05) is 0 Å². The SMILES string of the molecule is COc1ccc([C@H]2CCC(=O)C[C@]2(O)C(=O)O)cc1. The molecule has 0 unspecified atom stereocenters. The molecule has 102 valence electrons. The van der Waals surface area contributed by atoms with E-state index in [9.17, 15) is 19.8 Å². The van der Waals surface area contributed by atoms with Crippen LogP contribution in [0.25, 0.3) is 0 Å². The third-order valence-corrected chi connectivity index (χ3v) is 3.64. The van der Waals surface area contributed by atoms with Crippen LogP contribution in [0.15, 0.2) is 24.3 Å². The number of Topliss-reactive ketones (excluding diaryl/α,β-unsaturated/α-hetero) is 1. The number of carbonyl (C=O) groups excluding carboxylic acids is 1. The van der Waals surface area contributed by atoms with Crippen LogP contribution in [0.2, 0.25) is 0 Å². The highest BCUT2D eigenvalue weighted by atomic mass is 16.5. The molecule has 1 saturated carbocycles. The van der Waals surface area contributed by atoms with Gasteiger partial charge in [0.25, 0.3) is 0 Å². The van der Waals surface area contributed by atoms with Crippen LogP contribution in [-0.4, -0.2) is 34.7 Å². The summed E-state index contributed by atoms with van der Waals surface area (Å²) in [6, 6.07) is 6.89. The molecule has 2 atom stereocenters. The molecule has 1 aromatic carbocycles. The molecule has 0 amide bonds. The quantitative estimate of drug-likeness (QED) is 0.860.